The molecule has 0 aliphatic carbocycles. The highest BCUT2D eigenvalue weighted by Crippen LogP contribution is 2.27. The number of amides is 1. The van der Waals surface area contributed by atoms with Crippen molar-refractivity contribution in [3.63, 3.8) is 0 Å². The topological polar surface area (TPSA) is 38.3 Å². The molecule has 2 aromatic carbocycles. The number of hydrogen-bond donors (Lipinski definition) is 1. The molecule has 1 N–H and O–H groups in total. The second-order valence-corrected chi connectivity index (χ2v) is 5.95. The Morgan fingerprint density at radius 1 is 1.05 bits per heavy atom. The number of benzene rings is 2. The predicted molar refractivity (Wildman–Crippen MR) is 91.0 cm³/mol. The van der Waals surface area contributed by atoms with Gasteiger partial charge in [-0.3, -0.25) is 4.79 Å². The Morgan fingerprint density at radius 2 is 1.77 bits per heavy atom. The number of ether oxygens (including phenoxy) is 1. The van der Waals surface area contributed by atoms with Gasteiger partial charge in [0.05, 0.1) is 10.7 Å². The summed E-state index contributed by atoms with van der Waals surface area (Å²) in [5.41, 5.74) is 4.74. The summed E-state index contributed by atoms with van der Waals surface area (Å²) in [6.07, 6.45) is 0. The third-order valence-corrected chi connectivity index (χ3v) is 3.70. The van der Waals surface area contributed by atoms with Crippen molar-refractivity contribution in [1.82, 2.24) is 0 Å². The Balaban J connectivity index is 2.03. The molecule has 0 spiro atoms. The standard InChI is InChI=1S/C18H20ClNO2/c1-11-5-6-13(3)16(9-11)22-10-17(21)20-18-14(4)7-12(2)8-15(18)19/h5-9H,10H2,1-4H3,(H,20,21). The Kier molecular flexibility index (Phi) is 5.09. The van der Waals surface area contributed by atoms with Gasteiger partial charge in [-0.15, -0.1) is 0 Å². The van der Waals surface area contributed by atoms with Crippen LogP contribution in [0.25, 0.3) is 0 Å². The SMILES string of the molecule is Cc1cc(C)c(NC(=O)COc2cc(C)ccc2C)c(Cl)c1. The molecule has 0 aromatic heterocycles. The number of hydrogen-bond acceptors (Lipinski definition) is 2. The van der Waals surface area contributed by atoms with E-state index in [1.807, 2.05) is 58.0 Å². The van der Waals surface area contributed by atoms with Crippen molar-refractivity contribution in [3.05, 3.63) is 57.6 Å². The van der Waals surface area contributed by atoms with Crippen LogP contribution in [0.2, 0.25) is 5.02 Å². The highest BCUT2D eigenvalue weighted by atomic mass is 35.5. The minimum Gasteiger partial charge on any atom is -0.483 e. The van der Waals surface area contributed by atoms with E-state index in [1.165, 1.54) is 0 Å². The second kappa shape index (κ2) is 6.84. The average molecular weight is 318 g/mol. The molecular weight excluding hydrogens is 298 g/mol. The van der Waals surface area contributed by atoms with Crippen LogP contribution in [0.15, 0.2) is 30.3 Å². The summed E-state index contributed by atoms with van der Waals surface area (Å²) in [5, 5.41) is 3.35. The molecule has 1 amide bonds. The van der Waals surface area contributed by atoms with Gasteiger partial charge in [-0.25, -0.2) is 0 Å². The highest BCUT2D eigenvalue weighted by Gasteiger charge is 2.10. The molecule has 2 rings (SSSR count). The van der Waals surface area contributed by atoms with Crippen LogP contribution in [0.1, 0.15) is 22.3 Å². The summed E-state index contributed by atoms with van der Waals surface area (Å²) in [4.78, 5) is 12.1. The molecule has 0 bridgehead atoms. The molecule has 4 heteroatoms. The van der Waals surface area contributed by atoms with Gasteiger partial charge in [0, 0.05) is 0 Å². The molecule has 22 heavy (non-hydrogen) atoms. The Morgan fingerprint density at radius 3 is 2.45 bits per heavy atom. The average Bonchev–Trinajstić information content (AvgIpc) is 2.44. The van der Waals surface area contributed by atoms with Gasteiger partial charge in [0.2, 0.25) is 0 Å². The maximum absolute atomic E-state index is 12.1. The number of rotatable bonds is 4. The number of halogens is 1. The van der Waals surface area contributed by atoms with Gasteiger partial charge in [0.25, 0.3) is 5.91 Å². The van der Waals surface area contributed by atoms with E-state index in [0.717, 1.165) is 28.0 Å². The van der Waals surface area contributed by atoms with Crippen LogP contribution in [0.5, 0.6) is 5.75 Å². The highest BCUT2D eigenvalue weighted by molar-refractivity contribution is 6.34. The van der Waals surface area contributed by atoms with Crippen LogP contribution in [-0.2, 0) is 4.79 Å². The minimum atomic E-state index is -0.227. The van der Waals surface area contributed by atoms with Crippen LogP contribution in [-0.4, -0.2) is 12.5 Å². The van der Waals surface area contributed by atoms with E-state index in [-0.39, 0.29) is 12.5 Å². The van der Waals surface area contributed by atoms with Crippen molar-refractivity contribution in [2.24, 2.45) is 0 Å². The lowest BCUT2D eigenvalue weighted by molar-refractivity contribution is -0.118. The fourth-order valence-electron chi connectivity index (χ4n) is 2.26. The zero-order valence-corrected chi connectivity index (χ0v) is 14.0. The first-order valence-electron chi connectivity index (χ1n) is 7.13. The summed E-state index contributed by atoms with van der Waals surface area (Å²) in [6.45, 7) is 7.78. The van der Waals surface area contributed by atoms with Gasteiger partial charge >= 0.3 is 0 Å². The van der Waals surface area contributed by atoms with E-state index in [0.29, 0.717) is 10.7 Å². The number of carbonyl (C=O) groups excluding carboxylic acids is 1. The molecule has 0 saturated carbocycles. The first kappa shape index (κ1) is 16.4. The summed E-state index contributed by atoms with van der Waals surface area (Å²) in [5.74, 6) is 0.497. The largest absolute Gasteiger partial charge is 0.483 e. The Labute approximate surface area is 136 Å². The maximum Gasteiger partial charge on any atom is 0.262 e. The van der Waals surface area contributed by atoms with E-state index in [1.54, 1.807) is 0 Å². The Bertz CT molecular complexity index is 687. The van der Waals surface area contributed by atoms with E-state index in [9.17, 15) is 4.79 Å². The number of aryl methyl sites for hydroxylation is 4. The van der Waals surface area contributed by atoms with E-state index >= 15 is 0 Å². The van der Waals surface area contributed by atoms with Crippen molar-refractivity contribution >= 4 is 23.2 Å². The van der Waals surface area contributed by atoms with Gasteiger partial charge in [-0.05, 0) is 62.1 Å². The van der Waals surface area contributed by atoms with E-state index < -0.39 is 0 Å². The van der Waals surface area contributed by atoms with Crippen molar-refractivity contribution in [1.29, 1.82) is 0 Å². The lowest BCUT2D eigenvalue weighted by Gasteiger charge is -2.13. The zero-order valence-electron chi connectivity index (χ0n) is 13.3. The lowest BCUT2D eigenvalue weighted by Crippen LogP contribution is -2.21. The summed E-state index contributed by atoms with van der Waals surface area (Å²) < 4.78 is 5.60. The molecule has 0 aliphatic heterocycles. The van der Waals surface area contributed by atoms with Crippen molar-refractivity contribution in [2.45, 2.75) is 27.7 Å². The summed E-state index contributed by atoms with van der Waals surface area (Å²) >= 11 is 6.19. The van der Waals surface area contributed by atoms with Crippen LogP contribution in [0.3, 0.4) is 0 Å². The zero-order chi connectivity index (χ0) is 16.3. The maximum atomic E-state index is 12.1. The molecule has 116 valence electrons. The Hall–Kier alpha value is -2.00. The molecule has 2 aromatic rings. The van der Waals surface area contributed by atoms with E-state index in [2.05, 4.69) is 5.32 Å². The van der Waals surface area contributed by atoms with Crippen molar-refractivity contribution in [2.75, 3.05) is 11.9 Å². The van der Waals surface area contributed by atoms with Crippen LogP contribution in [0, 0.1) is 27.7 Å². The van der Waals surface area contributed by atoms with Crippen LogP contribution < -0.4 is 10.1 Å². The third kappa shape index (κ3) is 4.01. The van der Waals surface area contributed by atoms with Gasteiger partial charge in [-0.1, -0.05) is 29.8 Å². The fourth-order valence-corrected chi connectivity index (χ4v) is 2.62. The minimum absolute atomic E-state index is 0.0477. The molecular formula is C18H20ClNO2. The lowest BCUT2D eigenvalue weighted by atomic mass is 10.1. The van der Waals surface area contributed by atoms with E-state index in [4.69, 9.17) is 16.3 Å². The third-order valence-electron chi connectivity index (χ3n) is 3.40. The first-order chi connectivity index (χ1) is 10.4. The molecule has 0 atom stereocenters. The summed E-state index contributed by atoms with van der Waals surface area (Å²) in [7, 11) is 0. The quantitative estimate of drug-likeness (QED) is 0.895. The number of anilines is 1. The second-order valence-electron chi connectivity index (χ2n) is 5.54. The van der Waals surface area contributed by atoms with Gasteiger partial charge in [-0.2, -0.15) is 0 Å². The summed E-state index contributed by atoms with van der Waals surface area (Å²) in [6, 6.07) is 9.72. The normalized spacial score (nSPS) is 10.4. The van der Waals surface area contributed by atoms with Crippen LogP contribution >= 0.6 is 11.6 Å². The molecule has 0 saturated heterocycles. The van der Waals surface area contributed by atoms with Crippen molar-refractivity contribution < 1.29 is 9.53 Å². The van der Waals surface area contributed by atoms with Crippen LogP contribution in [0.4, 0.5) is 5.69 Å². The molecule has 0 aliphatic rings. The molecule has 0 heterocycles. The molecule has 3 nitrogen and oxygen atoms in total. The van der Waals surface area contributed by atoms with Gasteiger partial charge in [0.15, 0.2) is 6.61 Å². The number of nitrogens with one attached hydrogen (secondary N) is 1. The van der Waals surface area contributed by atoms with Crippen molar-refractivity contribution in [3.8, 4) is 5.75 Å². The molecule has 0 fully saturated rings. The first-order valence-corrected chi connectivity index (χ1v) is 7.51. The van der Waals surface area contributed by atoms with Gasteiger partial charge < -0.3 is 10.1 Å². The van der Waals surface area contributed by atoms with Gasteiger partial charge in [0.1, 0.15) is 5.75 Å². The smallest absolute Gasteiger partial charge is 0.262 e. The molecule has 0 radical (unpaired) electrons. The number of carbonyl (C=O) groups is 1. The predicted octanol–water partition coefficient (Wildman–Crippen LogP) is 4.59. The monoisotopic (exact) mass is 317 g/mol. The molecule has 0 unspecified atom stereocenters. The fraction of sp³-hybridized carbons (Fsp3) is 0.278.